The molecule has 6 nitrogen and oxygen atoms in total. The summed E-state index contributed by atoms with van der Waals surface area (Å²) < 4.78 is 10.9. The van der Waals surface area contributed by atoms with E-state index >= 15 is 0 Å². The molecule has 0 aliphatic rings. The third-order valence-corrected chi connectivity index (χ3v) is 5.02. The zero-order valence-corrected chi connectivity index (χ0v) is 20.0. The van der Waals surface area contributed by atoms with Crippen LogP contribution in [0.25, 0.3) is 0 Å². The minimum Gasteiger partial charge on any atom is -0.379 e. The van der Waals surface area contributed by atoms with Crippen molar-refractivity contribution in [1.29, 1.82) is 0 Å². The molecule has 0 unspecified atom stereocenters. The van der Waals surface area contributed by atoms with E-state index in [1.54, 1.807) is 18.4 Å². The molecule has 0 aliphatic heterocycles. The molecule has 156 valence electrons. The molecule has 0 atom stereocenters. The first-order chi connectivity index (χ1) is 13.2. The van der Waals surface area contributed by atoms with Crippen molar-refractivity contribution in [2.45, 2.75) is 40.0 Å². The van der Waals surface area contributed by atoms with Crippen LogP contribution in [0.15, 0.2) is 35.5 Å². The van der Waals surface area contributed by atoms with Gasteiger partial charge in [0, 0.05) is 31.3 Å². The maximum Gasteiger partial charge on any atom is 0.191 e. The molecule has 0 saturated heterocycles. The predicted molar refractivity (Wildman–Crippen MR) is 127 cm³/mol. The molecule has 28 heavy (non-hydrogen) atoms. The number of thiazole rings is 1. The molecule has 0 fully saturated rings. The minimum atomic E-state index is 0. The predicted octanol–water partition coefficient (Wildman–Crippen LogP) is 3.74. The summed E-state index contributed by atoms with van der Waals surface area (Å²) in [7, 11) is 1.78. The Balaban J connectivity index is 0.00000392. The summed E-state index contributed by atoms with van der Waals surface area (Å²) in [4.78, 5) is 10.0. The fourth-order valence-electron chi connectivity index (χ4n) is 2.44. The number of guanidine groups is 1. The van der Waals surface area contributed by atoms with E-state index < -0.39 is 0 Å². The van der Waals surface area contributed by atoms with Crippen molar-refractivity contribution in [3.05, 3.63) is 51.5 Å². The Morgan fingerprint density at radius 1 is 1.11 bits per heavy atom. The first-order valence-corrected chi connectivity index (χ1v) is 10.2. The summed E-state index contributed by atoms with van der Waals surface area (Å²) in [6.07, 6.45) is 2.97. The first-order valence-electron chi connectivity index (χ1n) is 9.36. The van der Waals surface area contributed by atoms with Crippen LogP contribution in [-0.4, -0.2) is 37.8 Å². The van der Waals surface area contributed by atoms with Crippen molar-refractivity contribution in [3.63, 3.8) is 0 Å². The quantitative estimate of drug-likeness (QED) is 0.205. The van der Waals surface area contributed by atoms with Gasteiger partial charge in [0.1, 0.15) is 5.01 Å². The fourth-order valence-corrected chi connectivity index (χ4v) is 3.24. The number of hydrogen-bond donors (Lipinski definition) is 2. The van der Waals surface area contributed by atoms with Crippen LogP contribution < -0.4 is 10.6 Å². The van der Waals surface area contributed by atoms with Gasteiger partial charge >= 0.3 is 0 Å². The zero-order valence-electron chi connectivity index (χ0n) is 16.9. The highest BCUT2D eigenvalue weighted by Gasteiger charge is 2.03. The van der Waals surface area contributed by atoms with E-state index in [1.165, 1.54) is 10.4 Å². The number of nitrogens with zero attached hydrogens (tertiary/aromatic N) is 2. The number of aryl methyl sites for hydroxylation is 1. The van der Waals surface area contributed by atoms with E-state index in [2.05, 4.69) is 51.8 Å². The van der Waals surface area contributed by atoms with Crippen molar-refractivity contribution >= 4 is 41.3 Å². The molecular weight excluding hydrogens is 487 g/mol. The lowest BCUT2D eigenvalue weighted by molar-refractivity contribution is 0.0453. The van der Waals surface area contributed by atoms with Gasteiger partial charge < -0.3 is 20.1 Å². The van der Waals surface area contributed by atoms with Crippen molar-refractivity contribution < 1.29 is 9.47 Å². The monoisotopic (exact) mass is 518 g/mol. The van der Waals surface area contributed by atoms with Crippen LogP contribution in [0.5, 0.6) is 0 Å². The average Bonchev–Trinajstić information content (AvgIpc) is 3.16. The maximum absolute atomic E-state index is 5.64. The Morgan fingerprint density at radius 2 is 1.86 bits per heavy atom. The van der Waals surface area contributed by atoms with Gasteiger partial charge in [-0.05, 0) is 24.5 Å². The Kier molecular flexibility index (Phi) is 13.0. The number of benzene rings is 1. The van der Waals surface area contributed by atoms with Gasteiger partial charge in [0.25, 0.3) is 0 Å². The van der Waals surface area contributed by atoms with Gasteiger partial charge in [-0.1, -0.05) is 31.2 Å². The second-order valence-electron chi connectivity index (χ2n) is 5.92. The van der Waals surface area contributed by atoms with E-state index in [1.807, 2.05) is 13.1 Å². The van der Waals surface area contributed by atoms with E-state index in [-0.39, 0.29) is 24.0 Å². The standard InChI is InChI=1S/C20H30N4O2S.HI/c1-4-18-13-22-19(27-18)14-24-20(21-3)23-12-16-7-6-8-17(11-16)15-26-10-9-25-5-2;/h6-8,11,13H,4-5,9-10,12,14-15H2,1-3H3,(H2,21,23,24);1H. The van der Waals surface area contributed by atoms with Crippen LogP contribution in [-0.2, 0) is 35.6 Å². The molecule has 2 rings (SSSR count). The zero-order chi connectivity index (χ0) is 19.3. The summed E-state index contributed by atoms with van der Waals surface area (Å²) >= 11 is 1.73. The van der Waals surface area contributed by atoms with E-state index in [4.69, 9.17) is 9.47 Å². The summed E-state index contributed by atoms with van der Waals surface area (Å²) in [5.41, 5.74) is 2.34. The average molecular weight is 518 g/mol. The molecule has 0 bridgehead atoms. The highest BCUT2D eigenvalue weighted by atomic mass is 127. The second kappa shape index (κ2) is 14.7. The van der Waals surface area contributed by atoms with Gasteiger partial charge in [0.2, 0.25) is 0 Å². The van der Waals surface area contributed by atoms with Crippen LogP contribution in [0.4, 0.5) is 0 Å². The molecule has 0 spiro atoms. The van der Waals surface area contributed by atoms with Crippen molar-refractivity contribution in [2.75, 3.05) is 26.9 Å². The van der Waals surface area contributed by atoms with Gasteiger partial charge in [-0.15, -0.1) is 35.3 Å². The summed E-state index contributed by atoms with van der Waals surface area (Å²) in [6, 6.07) is 8.37. The lowest BCUT2D eigenvalue weighted by Gasteiger charge is -2.12. The van der Waals surface area contributed by atoms with Gasteiger partial charge in [-0.2, -0.15) is 0 Å². The molecule has 0 radical (unpaired) electrons. The van der Waals surface area contributed by atoms with Crippen molar-refractivity contribution in [2.24, 2.45) is 4.99 Å². The first kappa shape index (κ1) is 24.8. The molecule has 8 heteroatoms. The number of halogens is 1. The SMILES string of the molecule is CCOCCOCc1cccc(CNC(=NC)NCc2ncc(CC)s2)c1.I. The van der Waals surface area contributed by atoms with E-state index in [0.29, 0.717) is 32.9 Å². The van der Waals surface area contributed by atoms with Gasteiger partial charge in [0.15, 0.2) is 5.96 Å². The Morgan fingerprint density at radius 3 is 2.57 bits per heavy atom. The summed E-state index contributed by atoms with van der Waals surface area (Å²) in [6.45, 7) is 8.08. The third-order valence-electron chi connectivity index (χ3n) is 3.88. The Hall–Kier alpha value is -1.23. The van der Waals surface area contributed by atoms with E-state index in [9.17, 15) is 0 Å². The largest absolute Gasteiger partial charge is 0.379 e. The molecule has 2 aromatic rings. The van der Waals surface area contributed by atoms with Gasteiger partial charge in [0.05, 0.1) is 26.4 Å². The number of hydrogen-bond acceptors (Lipinski definition) is 5. The molecule has 1 aromatic heterocycles. The van der Waals surface area contributed by atoms with Crippen LogP contribution >= 0.6 is 35.3 Å². The highest BCUT2D eigenvalue weighted by Crippen LogP contribution is 2.12. The molecule has 0 saturated carbocycles. The molecule has 0 amide bonds. The second-order valence-corrected chi connectivity index (χ2v) is 7.12. The third kappa shape index (κ3) is 9.31. The smallest absolute Gasteiger partial charge is 0.191 e. The molecule has 0 aliphatic carbocycles. The topological polar surface area (TPSA) is 67.8 Å². The lowest BCUT2D eigenvalue weighted by Crippen LogP contribution is -2.36. The summed E-state index contributed by atoms with van der Waals surface area (Å²) in [5, 5.41) is 7.72. The van der Waals surface area contributed by atoms with Crippen LogP contribution in [0.1, 0.15) is 34.9 Å². The fraction of sp³-hybridized carbons (Fsp3) is 0.500. The molecule has 1 aromatic carbocycles. The summed E-state index contributed by atoms with van der Waals surface area (Å²) in [5.74, 6) is 0.765. The maximum atomic E-state index is 5.64. The van der Waals surface area contributed by atoms with Crippen molar-refractivity contribution in [3.8, 4) is 0 Å². The normalized spacial score (nSPS) is 11.2. The Labute approximate surface area is 189 Å². The Bertz CT molecular complexity index is 709. The van der Waals surface area contributed by atoms with Gasteiger partial charge in [-0.3, -0.25) is 4.99 Å². The number of aromatic nitrogens is 1. The van der Waals surface area contributed by atoms with Crippen LogP contribution in [0.2, 0.25) is 0 Å². The number of nitrogens with one attached hydrogen (secondary N) is 2. The number of rotatable bonds is 11. The number of ether oxygens (including phenoxy) is 2. The van der Waals surface area contributed by atoms with Gasteiger partial charge in [-0.25, -0.2) is 4.98 Å². The van der Waals surface area contributed by atoms with E-state index in [0.717, 1.165) is 29.6 Å². The minimum absolute atomic E-state index is 0. The van der Waals surface area contributed by atoms with Crippen LogP contribution in [0.3, 0.4) is 0 Å². The van der Waals surface area contributed by atoms with Crippen molar-refractivity contribution in [1.82, 2.24) is 15.6 Å². The number of aliphatic imine (C=N–C) groups is 1. The molecule has 2 N–H and O–H groups in total. The molecule has 1 heterocycles. The van der Waals surface area contributed by atoms with Crippen LogP contribution in [0, 0.1) is 0 Å². The highest BCUT2D eigenvalue weighted by molar-refractivity contribution is 14.0. The lowest BCUT2D eigenvalue weighted by atomic mass is 10.1. The molecular formula is C20H31IN4O2S.